The highest BCUT2D eigenvalue weighted by Gasteiger charge is 2.35. The summed E-state index contributed by atoms with van der Waals surface area (Å²) in [6, 6.07) is 0. The zero-order valence-electron chi connectivity index (χ0n) is 11.0. The summed E-state index contributed by atoms with van der Waals surface area (Å²) in [7, 11) is 0. The fourth-order valence-electron chi connectivity index (χ4n) is 1.79. The third-order valence-corrected chi connectivity index (χ3v) is 3.67. The lowest BCUT2D eigenvalue weighted by Gasteiger charge is -2.10. The number of halogens is 3. The molecule has 0 aliphatic carbocycles. The van der Waals surface area contributed by atoms with Crippen LogP contribution in [0.2, 0.25) is 0 Å². The van der Waals surface area contributed by atoms with E-state index < -0.39 is 11.2 Å². The van der Waals surface area contributed by atoms with Gasteiger partial charge in [-0.3, -0.25) is 0 Å². The van der Waals surface area contributed by atoms with Crippen LogP contribution in [0.15, 0.2) is 12.5 Å². The molecular formula is C12H13F3N4S. The molecule has 0 atom stereocenters. The van der Waals surface area contributed by atoms with Gasteiger partial charge >= 0.3 is 6.18 Å². The number of thiazole rings is 1. The summed E-state index contributed by atoms with van der Waals surface area (Å²) in [5, 5.41) is 2.22. The van der Waals surface area contributed by atoms with Gasteiger partial charge in [-0.15, -0.1) is 11.3 Å². The molecule has 0 spiro atoms. The standard InChI is InChI=1S/C12H13F3N4S/c1-3-7-9(18-6-19-10(7)16-4-2)8-5-17-11(20-8)12(13,14)15/h5-6H,3-4H2,1-2H3,(H,16,18,19). The summed E-state index contributed by atoms with van der Waals surface area (Å²) in [5.41, 5.74) is 1.30. The van der Waals surface area contributed by atoms with Gasteiger partial charge in [0.1, 0.15) is 12.1 Å². The molecular weight excluding hydrogens is 289 g/mol. The molecule has 0 radical (unpaired) electrons. The molecule has 20 heavy (non-hydrogen) atoms. The van der Waals surface area contributed by atoms with Crippen molar-refractivity contribution >= 4 is 17.2 Å². The van der Waals surface area contributed by atoms with Gasteiger partial charge in [-0.25, -0.2) is 15.0 Å². The first-order valence-corrected chi connectivity index (χ1v) is 6.90. The Balaban J connectivity index is 2.47. The first kappa shape index (κ1) is 14.7. The molecule has 0 saturated carbocycles. The van der Waals surface area contributed by atoms with Crippen molar-refractivity contribution in [3.63, 3.8) is 0 Å². The Hall–Kier alpha value is -1.70. The van der Waals surface area contributed by atoms with E-state index in [1.165, 1.54) is 12.5 Å². The third kappa shape index (κ3) is 2.90. The molecule has 108 valence electrons. The molecule has 2 heterocycles. The van der Waals surface area contributed by atoms with Gasteiger partial charge < -0.3 is 5.32 Å². The van der Waals surface area contributed by atoms with Gasteiger partial charge in [0.15, 0.2) is 5.01 Å². The van der Waals surface area contributed by atoms with Crippen LogP contribution in [0.1, 0.15) is 24.4 Å². The number of anilines is 1. The molecule has 4 nitrogen and oxygen atoms in total. The van der Waals surface area contributed by atoms with Crippen LogP contribution in [-0.4, -0.2) is 21.5 Å². The molecule has 0 aliphatic heterocycles. The number of nitrogens with zero attached hydrogens (tertiary/aromatic N) is 3. The second-order valence-corrected chi connectivity index (χ2v) is 4.99. The van der Waals surface area contributed by atoms with Crippen LogP contribution in [0.3, 0.4) is 0 Å². The maximum Gasteiger partial charge on any atom is 0.443 e. The largest absolute Gasteiger partial charge is 0.443 e. The van der Waals surface area contributed by atoms with Gasteiger partial charge in [-0.2, -0.15) is 13.2 Å². The maximum absolute atomic E-state index is 12.6. The highest BCUT2D eigenvalue weighted by atomic mass is 32.1. The molecule has 2 aromatic heterocycles. The average Bonchev–Trinajstić information content (AvgIpc) is 2.88. The van der Waals surface area contributed by atoms with E-state index in [4.69, 9.17) is 0 Å². The lowest BCUT2D eigenvalue weighted by atomic mass is 10.1. The van der Waals surface area contributed by atoms with Gasteiger partial charge in [0, 0.05) is 18.3 Å². The van der Waals surface area contributed by atoms with E-state index in [-0.39, 0.29) is 0 Å². The Kier molecular flexibility index (Phi) is 4.22. The van der Waals surface area contributed by atoms with Gasteiger partial charge in [0.25, 0.3) is 0 Å². The maximum atomic E-state index is 12.6. The Bertz CT molecular complexity index is 595. The number of nitrogens with one attached hydrogen (secondary N) is 1. The lowest BCUT2D eigenvalue weighted by Crippen LogP contribution is -2.05. The van der Waals surface area contributed by atoms with E-state index in [0.29, 0.717) is 40.7 Å². The van der Waals surface area contributed by atoms with Crippen molar-refractivity contribution < 1.29 is 13.2 Å². The van der Waals surface area contributed by atoms with Crippen LogP contribution in [0.25, 0.3) is 10.6 Å². The Morgan fingerprint density at radius 1 is 1.20 bits per heavy atom. The summed E-state index contributed by atoms with van der Waals surface area (Å²) >= 11 is 0.595. The van der Waals surface area contributed by atoms with Crippen molar-refractivity contribution in [1.29, 1.82) is 0 Å². The number of aromatic nitrogens is 3. The number of alkyl halides is 3. The van der Waals surface area contributed by atoms with Crippen LogP contribution < -0.4 is 5.32 Å². The average molecular weight is 302 g/mol. The molecule has 0 fully saturated rings. The van der Waals surface area contributed by atoms with Crippen molar-refractivity contribution in [2.45, 2.75) is 26.4 Å². The van der Waals surface area contributed by atoms with Crippen LogP contribution in [0.5, 0.6) is 0 Å². The number of rotatable bonds is 4. The predicted octanol–water partition coefficient (Wildman–Crippen LogP) is 3.61. The summed E-state index contributed by atoms with van der Waals surface area (Å²) in [6.07, 6.45) is -1.24. The molecule has 2 aromatic rings. The normalized spacial score (nSPS) is 11.7. The fourth-order valence-corrected chi connectivity index (χ4v) is 2.60. The first-order valence-electron chi connectivity index (χ1n) is 6.08. The molecule has 0 bridgehead atoms. The third-order valence-electron chi connectivity index (χ3n) is 2.62. The Morgan fingerprint density at radius 2 is 1.95 bits per heavy atom. The van der Waals surface area contributed by atoms with E-state index in [9.17, 15) is 13.2 Å². The van der Waals surface area contributed by atoms with Crippen molar-refractivity contribution in [3.8, 4) is 10.6 Å². The molecule has 0 amide bonds. The van der Waals surface area contributed by atoms with E-state index in [0.717, 1.165) is 5.56 Å². The molecule has 0 aromatic carbocycles. The minimum atomic E-state index is -4.42. The zero-order chi connectivity index (χ0) is 14.8. The molecule has 2 rings (SSSR count). The van der Waals surface area contributed by atoms with E-state index >= 15 is 0 Å². The van der Waals surface area contributed by atoms with Gasteiger partial charge in [-0.1, -0.05) is 6.92 Å². The van der Waals surface area contributed by atoms with Gasteiger partial charge in [-0.05, 0) is 13.3 Å². The monoisotopic (exact) mass is 302 g/mol. The first-order chi connectivity index (χ1) is 9.47. The minimum Gasteiger partial charge on any atom is -0.370 e. The SMILES string of the molecule is CCNc1ncnc(-c2cnc(C(F)(F)F)s2)c1CC. The van der Waals surface area contributed by atoms with Crippen molar-refractivity contribution in [3.05, 3.63) is 23.1 Å². The summed E-state index contributed by atoms with van der Waals surface area (Å²) < 4.78 is 37.8. The summed E-state index contributed by atoms with van der Waals surface area (Å²) in [6.45, 7) is 4.52. The quantitative estimate of drug-likeness (QED) is 0.937. The number of hydrogen-bond acceptors (Lipinski definition) is 5. The van der Waals surface area contributed by atoms with Crippen LogP contribution >= 0.6 is 11.3 Å². The second-order valence-electron chi connectivity index (χ2n) is 3.96. The minimum absolute atomic E-state index is 0.399. The Morgan fingerprint density at radius 3 is 2.50 bits per heavy atom. The summed E-state index contributed by atoms with van der Waals surface area (Å²) in [4.78, 5) is 12.1. The van der Waals surface area contributed by atoms with Crippen molar-refractivity contribution in [1.82, 2.24) is 15.0 Å². The van der Waals surface area contributed by atoms with E-state index in [2.05, 4.69) is 20.3 Å². The fraction of sp³-hybridized carbons (Fsp3) is 0.417. The highest BCUT2D eigenvalue weighted by molar-refractivity contribution is 7.15. The molecule has 8 heteroatoms. The van der Waals surface area contributed by atoms with Crippen molar-refractivity contribution in [2.75, 3.05) is 11.9 Å². The molecule has 1 N–H and O–H groups in total. The van der Waals surface area contributed by atoms with Crippen LogP contribution in [0.4, 0.5) is 19.0 Å². The highest BCUT2D eigenvalue weighted by Crippen LogP contribution is 2.37. The smallest absolute Gasteiger partial charge is 0.370 e. The van der Waals surface area contributed by atoms with Crippen LogP contribution in [0, 0.1) is 0 Å². The Labute approximate surface area is 118 Å². The van der Waals surface area contributed by atoms with Crippen LogP contribution in [-0.2, 0) is 12.6 Å². The lowest BCUT2D eigenvalue weighted by molar-refractivity contribution is -0.137. The molecule has 0 aliphatic rings. The number of hydrogen-bond donors (Lipinski definition) is 1. The zero-order valence-corrected chi connectivity index (χ0v) is 11.8. The van der Waals surface area contributed by atoms with Gasteiger partial charge in [0.2, 0.25) is 0 Å². The van der Waals surface area contributed by atoms with Crippen molar-refractivity contribution in [2.24, 2.45) is 0 Å². The van der Waals surface area contributed by atoms with E-state index in [1.54, 1.807) is 0 Å². The topological polar surface area (TPSA) is 50.7 Å². The molecule has 0 saturated heterocycles. The predicted molar refractivity (Wildman–Crippen MR) is 71.7 cm³/mol. The van der Waals surface area contributed by atoms with Gasteiger partial charge in [0.05, 0.1) is 10.6 Å². The summed E-state index contributed by atoms with van der Waals surface area (Å²) in [5.74, 6) is 0.655. The van der Waals surface area contributed by atoms with E-state index in [1.807, 2.05) is 13.8 Å². The second kappa shape index (κ2) is 5.74. The molecule has 0 unspecified atom stereocenters.